The molecule has 4 nitrogen and oxygen atoms in total. The van der Waals surface area contributed by atoms with E-state index in [9.17, 15) is 18.0 Å². The number of benzene rings is 1. The van der Waals surface area contributed by atoms with Crippen molar-refractivity contribution in [2.24, 2.45) is 0 Å². The van der Waals surface area contributed by atoms with E-state index in [2.05, 4.69) is 10.1 Å². The minimum Gasteiger partial charge on any atom is -0.480 e. The molecule has 0 saturated carbocycles. The van der Waals surface area contributed by atoms with E-state index in [4.69, 9.17) is 5.11 Å². The molecule has 0 aliphatic rings. The molecule has 0 spiro atoms. The van der Waals surface area contributed by atoms with Crippen molar-refractivity contribution < 1.29 is 27.8 Å². The standard InChI is InChI=1S/C12H14F3NO3/c1-19-7-10(11(17)18)16-6-8-4-2-3-5-9(8)12(13,14)15/h2-5,10,16H,6-7H2,1H3,(H,17,18). The van der Waals surface area contributed by atoms with Crippen LogP contribution in [-0.2, 0) is 22.3 Å². The molecule has 0 saturated heterocycles. The number of carbonyl (C=O) groups is 1. The van der Waals surface area contributed by atoms with Gasteiger partial charge in [-0.2, -0.15) is 13.2 Å². The zero-order chi connectivity index (χ0) is 14.5. The van der Waals surface area contributed by atoms with Crippen molar-refractivity contribution in [3.05, 3.63) is 35.4 Å². The first kappa shape index (κ1) is 15.5. The van der Waals surface area contributed by atoms with Crippen LogP contribution in [0.15, 0.2) is 24.3 Å². The smallest absolute Gasteiger partial charge is 0.416 e. The zero-order valence-corrected chi connectivity index (χ0v) is 10.2. The molecular formula is C12H14F3NO3. The number of ether oxygens (including phenoxy) is 1. The molecule has 1 atom stereocenters. The Labute approximate surface area is 108 Å². The number of carboxylic acids is 1. The van der Waals surface area contributed by atoms with Crippen LogP contribution in [0.3, 0.4) is 0 Å². The average Bonchev–Trinajstić information content (AvgIpc) is 2.33. The van der Waals surface area contributed by atoms with Gasteiger partial charge in [0.25, 0.3) is 0 Å². The van der Waals surface area contributed by atoms with Gasteiger partial charge in [-0.1, -0.05) is 18.2 Å². The van der Waals surface area contributed by atoms with E-state index < -0.39 is 23.8 Å². The highest BCUT2D eigenvalue weighted by molar-refractivity contribution is 5.73. The summed E-state index contributed by atoms with van der Waals surface area (Å²) < 4.78 is 42.8. The molecule has 19 heavy (non-hydrogen) atoms. The first-order chi connectivity index (χ1) is 8.86. The lowest BCUT2D eigenvalue weighted by Crippen LogP contribution is -2.40. The van der Waals surface area contributed by atoms with E-state index in [0.29, 0.717) is 0 Å². The van der Waals surface area contributed by atoms with Crippen LogP contribution in [0.4, 0.5) is 13.2 Å². The van der Waals surface area contributed by atoms with Gasteiger partial charge in [-0.15, -0.1) is 0 Å². The first-order valence-corrected chi connectivity index (χ1v) is 5.46. The first-order valence-electron chi connectivity index (χ1n) is 5.46. The molecule has 106 valence electrons. The Morgan fingerprint density at radius 3 is 2.58 bits per heavy atom. The van der Waals surface area contributed by atoms with Gasteiger partial charge in [-0.3, -0.25) is 10.1 Å². The lowest BCUT2D eigenvalue weighted by Gasteiger charge is -2.16. The van der Waals surface area contributed by atoms with Gasteiger partial charge in [0.1, 0.15) is 6.04 Å². The number of aliphatic carboxylic acids is 1. The minimum atomic E-state index is -4.46. The van der Waals surface area contributed by atoms with Crippen LogP contribution in [0.25, 0.3) is 0 Å². The third kappa shape index (κ3) is 4.53. The summed E-state index contributed by atoms with van der Waals surface area (Å²) in [5.74, 6) is -1.17. The van der Waals surface area contributed by atoms with Crippen molar-refractivity contribution in [3.63, 3.8) is 0 Å². The third-order valence-corrected chi connectivity index (χ3v) is 2.49. The van der Waals surface area contributed by atoms with Gasteiger partial charge in [-0.05, 0) is 11.6 Å². The molecular weight excluding hydrogens is 263 g/mol. The zero-order valence-electron chi connectivity index (χ0n) is 10.2. The second kappa shape index (κ2) is 6.53. The number of methoxy groups -OCH3 is 1. The van der Waals surface area contributed by atoms with Crippen LogP contribution in [0.5, 0.6) is 0 Å². The summed E-state index contributed by atoms with van der Waals surface area (Å²) in [6.07, 6.45) is -4.46. The molecule has 1 rings (SSSR count). The van der Waals surface area contributed by atoms with Gasteiger partial charge >= 0.3 is 12.1 Å². The summed E-state index contributed by atoms with van der Waals surface area (Å²) in [5, 5.41) is 11.4. The molecule has 0 aromatic heterocycles. The van der Waals surface area contributed by atoms with E-state index in [0.717, 1.165) is 6.07 Å². The van der Waals surface area contributed by atoms with Gasteiger partial charge in [-0.25, -0.2) is 0 Å². The fourth-order valence-electron chi connectivity index (χ4n) is 1.57. The Balaban J connectivity index is 2.80. The second-order valence-corrected chi connectivity index (χ2v) is 3.88. The predicted octanol–water partition coefficient (Wildman–Crippen LogP) is 1.89. The van der Waals surface area contributed by atoms with E-state index in [1.165, 1.54) is 25.3 Å². The van der Waals surface area contributed by atoms with Gasteiger partial charge in [0.15, 0.2) is 0 Å². The molecule has 7 heteroatoms. The lowest BCUT2D eigenvalue weighted by atomic mass is 10.1. The van der Waals surface area contributed by atoms with Crippen LogP contribution in [0.2, 0.25) is 0 Å². The maximum Gasteiger partial charge on any atom is 0.416 e. The number of hydrogen-bond acceptors (Lipinski definition) is 3. The van der Waals surface area contributed by atoms with Crippen LogP contribution < -0.4 is 5.32 Å². The fourth-order valence-corrected chi connectivity index (χ4v) is 1.57. The van der Waals surface area contributed by atoms with Gasteiger partial charge in [0.2, 0.25) is 0 Å². The molecule has 1 aromatic rings. The number of nitrogens with one attached hydrogen (secondary N) is 1. The quantitative estimate of drug-likeness (QED) is 0.833. The van der Waals surface area contributed by atoms with Gasteiger partial charge < -0.3 is 9.84 Å². The number of alkyl halides is 3. The Kier molecular flexibility index (Phi) is 5.31. The topological polar surface area (TPSA) is 58.6 Å². The minimum absolute atomic E-state index is 0.00245. The largest absolute Gasteiger partial charge is 0.480 e. The van der Waals surface area contributed by atoms with Crippen molar-refractivity contribution in [2.45, 2.75) is 18.8 Å². The summed E-state index contributed by atoms with van der Waals surface area (Å²) in [4.78, 5) is 10.8. The van der Waals surface area contributed by atoms with E-state index >= 15 is 0 Å². The number of rotatable bonds is 6. The molecule has 0 radical (unpaired) electrons. The van der Waals surface area contributed by atoms with Crippen molar-refractivity contribution in [2.75, 3.05) is 13.7 Å². The Bertz CT molecular complexity index is 434. The van der Waals surface area contributed by atoms with Crippen molar-refractivity contribution in [1.82, 2.24) is 5.32 Å². The highest BCUT2D eigenvalue weighted by Crippen LogP contribution is 2.31. The number of halogens is 3. The molecule has 0 heterocycles. The summed E-state index contributed by atoms with van der Waals surface area (Å²) in [7, 11) is 1.32. The molecule has 1 unspecified atom stereocenters. The number of carboxylic acid groups (broad SMARTS) is 1. The second-order valence-electron chi connectivity index (χ2n) is 3.88. The number of hydrogen-bond donors (Lipinski definition) is 2. The highest BCUT2D eigenvalue weighted by atomic mass is 19.4. The Morgan fingerprint density at radius 2 is 2.05 bits per heavy atom. The summed E-state index contributed by atoms with van der Waals surface area (Å²) >= 11 is 0. The normalized spacial score (nSPS) is 13.3. The summed E-state index contributed by atoms with van der Waals surface area (Å²) in [5.41, 5.74) is -0.776. The SMILES string of the molecule is COCC(NCc1ccccc1C(F)(F)F)C(=O)O. The van der Waals surface area contributed by atoms with E-state index in [1.54, 1.807) is 0 Å². The van der Waals surface area contributed by atoms with Crippen molar-refractivity contribution in [1.29, 1.82) is 0 Å². The Hall–Kier alpha value is -1.60. The highest BCUT2D eigenvalue weighted by Gasteiger charge is 2.33. The lowest BCUT2D eigenvalue weighted by molar-refractivity contribution is -0.140. The predicted molar refractivity (Wildman–Crippen MR) is 61.6 cm³/mol. The van der Waals surface area contributed by atoms with Crippen molar-refractivity contribution >= 4 is 5.97 Å². The molecule has 0 aliphatic carbocycles. The average molecular weight is 277 g/mol. The van der Waals surface area contributed by atoms with Crippen LogP contribution in [0.1, 0.15) is 11.1 Å². The fraction of sp³-hybridized carbons (Fsp3) is 0.417. The maximum absolute atomic E-state index is 12.7. The van der Waals surface area contributed by atoms with Crippen LogP contribution in [-0.4, -0.2) is 30.8 Å². The summed E-state index contributed by atoms with van der Waals surface area (Å²) in [6, 6.07) is 3.98. The molecule has 1 aromatic carbocycles. The molecule has 0 amide bonds. The third-order valence-electron chi connectivity index (χ3n) is 2.49. The van der Waals surface area contributed by atoms with Crippen LogP contribution in [0, 0.1) is 0 Å². The summed E-state index contributed by atoms with van der Waals surface area (Å²) in [6.45, 7) is -0.320. The monoisotopic (exact) mass is 277 g/mol. The molecule has 0 bridgehead atoms. The molecule has 2 N–H and O–H groups in total. The van der Waals surface area contributed by atoms with Gasteiger partial charge in [0, 0.05) is 13.7 Å². The Morgan fingerprint density at radius 1 is 1.42 bits per heavy atom. The van der Waals surface area contributed by atoms with Gasteiger partial charge in [0.05, 0.1) is 12.2 Å². The van der Waals surface area contributed by atoms with E-state index in [-0.39, 0.29) is 18.7 Å². The molecule has 0 fully saturated rings. The van der Waals surface area contributed by atoms with E-state index in [1.807, 2.05) is 0 Å². The van der Waals surface area contributed by atoms with Crippen molar-refractivity contribution in [3.8, 4) is 0 Å². The maximum atomic E-state index is 12.7. The molecule has 0 aliphatic heterocycles. The van der Waals surface area contributed by atoms with Crippen LogP contribution >= 0.6 is 0 Å².